The lowest BCUT2D eigenvalue weighted by Gasteiger charge is -2.41. The van der Waals surface area contributed by atoms with Crippen molar-refractivity contribution in [3.63, 3.8) is 0 Å². The molecule has 0 spiro atoms. The van der Waals surface area contributed by atoms with E-state index in [-0.39, 0.29) is 11.3 Å². The molecular formula is C15H27NO. The standard InChI is InChI=1S/C15H27NO/c1-6-12(7-2)14(17)16-10-9-13(8-3)15(4,5)11-16/h8,12H,6-7,9-11H2,1-5H3. The van der Waals surface area contributed by atoms with Gasteiger partial charge in [0.1, 0.15) is 0 Å². The number of amides is 1. The Hall–Kier alpha value is -0.790. The number of allylic oxidation sites excluding steroid dienone is 1. The van der Waals surface area contributed by atoms with Gasteiger partial charge in [-0.15, -0.1) is 0 Å². The van der Waals surface area contributed by atoms with Crippen molar-refractivity contribution in [1.29, 1.82) is 0 Å². The van der Waals surface area contributed by atoms with Crippen LogP contribution in [0.2, 0.25) is 0 Å². The number of hydrogen-bond acceptors (Lipinski definition) is 1. The summed E-state index contributed by atoms with van der Waals surface area (Å²) in [6, 6.07) is 0. The Labute approximate surface area is 106 Å². The van der Waals surface area contributed by atoms with Gasteiger partial charge in [0.2, 0.25) is 5.91 Å². The number of carbonyl (C=O) groups excluding carboxylic acids is 1. The van der Waals surface area contributed by atoms with Crippen LogP contribution >= 0.6 is 0 Å². The first-order chi connectivity index (χ1) is 7.96. The van der Waals surface area contributed by atoms with Crippen molar-refractivity contribution in [2.45, 2.75) is 53.9 Å². The van der Waals surface area contributed by atoms with Crippen molar-refractivity contribution in [2.24, 2.45) is 11.3 Å². The molecule has 1 heterocycles. The molecule has 0 aromatic rings. The van der Waals surface area contributed by atoms with Crippen LogP contribution in [0.3, 0.4) is 0 Å². The van der Waals surface area contributed by atoms with Gasteiger partial charge in [0, 0.05) is 24.4 Å². The predicted octanol–water partition coefficient (Wildman–Crippen LogP) is 3.63. The highest BCUT2D eigenvalue weighted by molar-refractivity contribution is 5.79. The van der Waals surface area contributed by atoms with Crippen LogP contribution < -0.4 is 0 Å². The number of piperidine rings is 1. The van der Waals surface area contributed by atoms with Crippen LogP contribution in [0, 0.1) is 11.3 Å². The first kappa shape index (κ1) is 14.3. The normalized spacial score (nSPS) is 22.2. The van der Waals surface area contributed by atoms with E-state index >= 15 is 0 Å². The third-order valence-electron chi connectivity index (χ3n) is 4.10. The molecule has 0 saturated carbocycles. The average Bonchev–Trinajstić information content (AvgIpc) is 2.29. The van der Waals surface area contributed by atoms with Crippen LogP contribution in [-0.2, 0) is 4.79 Å². The fourth-order valence-electron chi connectivity index (χ4n) is 2.87. The van der Waals surface area contributed by atoms with Crippen LogP contribution in [0.1, 0.15) is 53.9 Å². The summed E-state index contributed by atoms with van der Waals surface area (Å²) in [7, 11) is 0. The summed E-state index contributed by atoms with van der Waals surface area (Å²) in [5.41, 5.74) is 1.64. The lowest BCUT2D eigenvalue weighted by atomic mass is 9.78. The lowest BCUT2D eigenvalue weighted by molar-refractivity contribution is -0.137. The molecule has 1 aliphatic heterocycles. The fourth-order valence-corrected chi connectivity index (χ4v) is 2.87. The predicted molar refractivity (Wildman–Crippen MR) is 72.8 cm³/mol. The maximum absolute atomic E-state index is 12.3. The Morgan fingerprint density at radius 3 is 2.41 bits per heavy atom. The summed E-state index contributed by atoms with van der Waals surface area (Å²) in [6.45, 7) is 12.6. The topological polar surface area (TPSA) is 20.3 Å². The third kappa shape index (κ3) is 3.11. The molecule has 1 fully saturated rings. The highest BCUT2D eigenvalue weighted by atomic mass is 16.2. The Bertz CT molecular complexity index is 300. The molecule has 0 radical (unpaired) electrons. The summed E-state index contributed by atoms with van der Waals surface area (Å²) in [5, 5.41) is 0. The molecule has 0 atom stereocenters. The molecular weight excluding hydrogens is 210 g/mol. The second kappa shape index (κ2) is 5.70. The Morgan fingerprint density at radius 1 is 1.41 bits per heavy atom. The molecule has 0 unspecified atom stereocenters. The van der Waals surface area contributed by atoms with Gasteiger partial charge >= 0.3 is 0 Å². The van der Waals surface area contributed by atoms with Gasteiger partial charge in [-0.2, -0.15) is 0 Å². The van der Waals surface area contributed by atoms with Gasteiger partial charge in [-0.1, -0.05) is 39.3 Å². The van der Waals surface area contributed by atoms with E-state index in [4.69, 9.17) is 0 Å². The van der Waals surface area contributed by atoms with E-state index in [1.54, 1.807) is 0 Å². The van der Waals surface area contributed by atoms with Crippen LogP contribution in [-0.4, -0.2) is 23.9 Å². The zero-order valence-corrected chi connectivity index (χ0v) is 12.0. The molecule has 1 rings (SSSR count). The minimum Gasteiger partial charge on any atom is -0.341 e. The van der Waals surface area contributed by atoms with Crippen molar-refractivity contribution in [3.8, 4) is 0 Å². The fraction of sp³-hybridized carbons (Fsp3) is 0.800. The van der Waals surface area contributed by atoms with Gasteiger partial charge in [0.15, 0.2) is 0 Å². The highest BCUT2D eigenvalue weighted by Gasteiger charge is 2.34. The van der Waals surface area contributed by atoms with Crippen molar-refractivity contribution in [3.05, 3.63) is 11.6 Å². The highest BCUT2D eigenvalue weighted by Crippen LogP contribution is 2.34. The zero-order chi connectivity index (χ0) is 13.1. The lowest BCUT2D eigenvalue weighted by Crippen LogP contribution is -2.47. The summed E-state index contributed by atoms with van der Waals surface area (Å²) in [4.78, 5) is 14.4. The number of rotatable bonds is 3. The van der Waals surface area contributed by atoms with E-state index in [1.807, 2.05) is 0 Å². The molecule has 17 heavy (non-hydrogen) atoms. The SMILES string of the molecule is CC=C1CCN(C(=O)C(CC)CC)CC1(C)C. The van der Waals surface area contributed by atoms with Crippen molar-refractivity contribution in [2.75, 3.05) is 13.1 Å². The van der Waals surface area contributed by atoms with E-state index in [9.17, 15) is 4.79 Å². The van der Waals surface area contributed by atoms with Gasteiger partial charge in [-0.05, 0) is 26.2 Å². The summed E-state index contributed by atoms with van der Waals surface area (Å²) in [5.74, 6) is 0.580. The monoisotopic (exact) mass is 237 g/mol. The van der Waals surface area contributed by atoms with E-state index in [1.165, 1.54) is 5.57 Å². The van der Waals surface area contributed by atoms with Crippen molar-refractivity contribution < 1.29 is 4.79 Å². The van der Waals surface area contributed by atoms with Crippen LogP contribution in [0.15, 0.2) is 11.6 Å². The van der Waals surface area contributed by atoms with E-state index in [0.717, 1.165) is 32.4 Å². The number of likely N-dealkylation sites (tertiary alicyclic amines) is 1. The smallest absolute Gasteiger partial charge is 0.225 e. The number of nitrogens with zero attached hydrogens (tertiary/aromatic N) is 1. The second-order valence-electron chi connectivity index (χ2n) is 5.72. The second-order valence-corrected chi connectivity index (χ2v) is 5.72. The largest absolute Gasteiger partial charge is 0.341 e. The van der Waals surface area contributed by atoms with E-state index in [0.29, 0.717) is 5.91 Å². The van der Waals surface area contributed by atoms with E-state index in [2.05, 4.69) is 45.6 Å². The Morgan fingerprint density at radius 2 is 2.00 bits per heavy atom. The average molecular weight is 237 g/mol. The Kier molecular flexibility index (Phi) is 4.79. The van der Waals surface area contributed by atoms with Gasteiger partial charge in [0.25, 0.3) is 0 Å². The first-order valence-corrected chi connectivity index (χ1v) is 6.90. The molecule has 0 aliphatic carbocycles. The van der Waals surface area contributed by atoms with Crippen molar-refractivity contribution >= 4 is 5.91 Å². The third-order valence-corrected chi connectivity index (χ3v) is 4.10. The molecule has 0 aromatic carbocycles. The van der Waals surface area contributed by atoms with Gasteiger partial charge in [-0.25, -0.2) is 0 Å². The minimum absolute atomic E-state index is 0.148. The molecule has 1 aliphatic rings. The van der Waals surface area contributed by atoms with Crippen LogP contribution in [0.4, 0.5) is 0 Å². The van der Waals surface area contributed by atoms with Crippen LogP contribution in [0.5, 0.6) is 0 Å². The zero-order valence-electron chi connectivity index (χ0n) is 12.0. The van der Waals surface area contributed by atoms with Crippen molar-refractivity contribution in [1.82, 2.24) is 4.90 Å². The quantitative estimate of drug-likeness (QED) is 0.686. The molecule has 0 aromatic heterocycles. The molecule has 0 bridgehead atoms. The molecule has 1 amide bonds. The minimum atomic E-state index is 0.148. The summed E-state index contributed by atoms with van der Waals surface area (Å²) in [6.07, 6.45) is 5.18. The summed E-state index contributed by atoms with van der Waals surface area (Å²) < 4.78 is 0. The molecule has 1 saturated heterocycles. The molecule has 98 valence electrons. The number of carbonyl (C=O) groups is 1. The van der Waals surface area contributed by atoms with Gasteiger partial charge < -0.3 is 4.90 Å². The van der Waals surface area contributed by atoms with Gasteiger partial charge in [-0.3, -0.25) is 4.79 Å². The Balaban J connectivity index is 2.74. The number of hydrogen-bond donors (Lipinski definition) is 0. The molecule has 0 N–H and O–H groups in total. The van der Waals surface area contributed by atoms with E-state index < -0.39 is 0 Å². The maximum Gasteiger partial charge on any atom is 0.225 e. The van der Waals surface area contributed by atoms with Gasteiger partial charge in [0.05, 0.1) is 0 Å². The maximum atomic E-state index is 12.3. The van der Waals surface area contributed by atoms with Crippen LogP contribution in [0.25, 0.3) is 0 Å². The molecule has 2 heteroatoms. The first-order valence-electron chi connectivity index (χ1n) is 6.90. The molecule has 2 nitrogen and oxygen atoms in total. The summed E-state index contributed by atoms with van der Waals surface area (Å²) >= 11 is 0.